The van der Waals surface area contributed by atoms with Crippen molar-refractivity contribution < 1.29 is 33.6 Å². The van der Waals surface area contributed by atoms with Crippen LogP contribution >= 0.6 is 0 Å². The molecule has 0 aliphatic heterocycles. The molecule has 0 aliphatic carbocycles. The van der Waals surface area contributed by atoms with Gasteiger partial charge in [-0.15, -0.1) is 0 Å². The topological polar surface area (TPSA) is 154 Å². The molecular weight excluding hydrogens is 374 g/mol. The highest BCUT2D eigenvalue weighted by molar-refractivity contribution is 6.00. The second-order valence-electron chi connectivity index (χ2n) is 5.91. The zero-order valence-corrected chi connectivity index (χ0v) is 15.8. The van der Waals surface area contributed by atoms with Crippen molar-refractivity contribution in [1.82, 2.24) is 10.6 Å². The summed E-state index contributed by atoms with van der Waals surface area (Å²) in [5.74, 6) is -2.82. The Hall–Kier alpha value is -3.50. The third-order valence-corrected chi connectivity index (χ3v) is 3.18. The lowest BCUT2D eigenvalue weighted by molar-refractivity contribution is -0.384. The number of carbonyl (C=O) groups is 4. The summed E-state index contributed by atoms with van der Waals surface area (Å²) in [5.41, 5.74) is -1.05. The first-order valence-corrected chi connectivity index (χ1v) is 8.34. The molecule has 0 spiro atoms. The first kappa shape index (κ1) is 22.5. The Labute approximate surface area is 160 Å². The van der Waals surface area contributed by atoms with Crippen LogP contribution in [0.2, 0.25) is 0 Å². The van der Waals surface area contributed by atoms with Crippen LogP contribution in [0.5, 0.6) is 0 Å². The summed E-state index contributed by atoms with van der Waals surface area (Å²) < 4.78 is 9.70. The van der Waals surface area contributed by atoms with Crippen LogP contribution in [-0.2, 0) is 14.3 Å². The number of nitro benzene ring substituents is 1. The van der Waals surface area contributed by atoms with Crippen molar-refractivity contribution in [3.63, 3.8) is 0 Å². The number of hydrogen-bond acceptors (Lipinski definition) is 8. The van der Waals surface area contributed by atoms with E-state index in [1.807, 2.05) is 5.32 Å². The zero-order chi connectivity index (χ0) is 21.4. The largest absolute Gasteiger partial charge is 0.462 e. The number of benzene rings is 1. The van der Waals surface area contributed by atoms with Crippen molar-refractivity contribution in [2.75, 3.05) is 6.61 Å². The summed E-state index contributed by atoms with van der Waals surface area (Å²) in [5, 5.41) is 15.5. The third kappa shape index (κ3) is 6.67. The molecule has 0 heterocycles. The maximum atomic E-state index is 12.3. The fourth-order valence-electron chi connectivity index (χ4n) is 1.96. The standard InChI is InChI=1S/C17H21N3O8/c1-5-27-15(22)11-6-12(8-13(7-11)20(25)26)16(23)28-10(4)14(21)19-17(24)18-9(2)3/h6-10H,5H2,1-4H3,(H2,18,19,21,24). The Balaban J connectivity index is 2.95. The van der Waals surface area contributed by atoms with Crippen LogP contribution in [0.15, 0.2) is 18.2 Å². The zero-order valence-electron chi connectivity index (χ0n) is 15.8. The lowest BCUT2D eigenvalue weighted by Crippen LogP contribution is -2.46. The number of nitrogens with one attached hydrogen (secondary N) is 2. The van der Waals surface area contributed by atoms with Gasteiger partial charge in [0.25, 0.3) is 11.6 Å². The number of urea groups is 1. The molecule has 0 bridgehead atoms. The fraction of sp³-hybridized carbons (Fsp3) is 0.412. The Morgan fingerprint density at radius 1 is 1.07 bits per heavy atom. The number of nitro groups is 1. The minimum absolute atomic E-state index is 0.0386. The van der Waals surface area contributed by atoms with Crippen LogP contribution in [0.3, 0.4) is 0 Å². The first-order chi connectivity index (χ1) is 13.0. The Morgan fingerprint density at radius 3 is 2.14 bits per heavy atom. The van der Waals surface area contributed by atoms with Crippen molar-refractivity contribution in [2.24, 2.45) is 0 Å². The maximum absolute atomic E-state index is 12.3. The molecule has 0 saturated heterocycles. The summed E-state index contributed by atoms with van der Waals surface area (Å²) in [4.78, 5) is 57.8. The molecule has 0 aromatic heterocycles. The molecule has 3 amide bonds. The summed E-state index contributed by atoms with van der Waals surface area (Å²) in [6.45, 7) is 6.20. The molecular formula is C17H21N3O8. The number of non-ortho nitro benzene ring substituents is 1. The van der Waals surface area contributed by atoms with E-state index in [0.717, 1.165) is 18.2 Å². The van der Waals surface area contributed by atoms with Crippen LogP contribution < -0.4 is 10.6 Å². The maximum Gasteiger partial charge on any atom is 0.339 e. The highest BCUT2D eigenvalue weighted by Gasteiger charge is 2.24. The predicted molar refractivity (Wildman–Crippen MR) is 95.7 cm³/mol. The van der Waals surface area contributed by atoms with Gasteiger partial charge in [0.2, 0.25) is 0 Å². The molecule has 2 N–H and O–H groups in total. The predicted octanol–water partition coefficient (Wildman–Crippen LogP) is 1.55. The molecule has 0 aliphatic rings. The Morgan fingerprint density at radius 2 is 1.64 bits per heavy atom. The van der Waals surface area contributed by atoms with E-state index < -0.39 is 40.6 Å². The summed E-state index contributed by atoms with van der Waals surface area (Å²) >= 11 is 0. The van der Waals surface area contributed by atoms with Crippen molar-refractivity contribution in [1.29, 1.82) is 0 Å². The molecule has 1 atom stereocenters. The molecule has 1 rings (SSSR count). The normalized spacial score (nSPS) is 11.3. The van der Waals surface area contributed by atoms with Gasteiger partial charge in [-0.25, -0.2) is 14.4 Å². The van der Waals surface area contributed by atoms with Gasteiger partial charge in [-0.05, 0) is 33.8 Å². The van der Waals surface area contributed by atoms with E-state index >= 15 is 0 Å². The monoisotopic (exact) mass is 395 g/mol. The van der Waals surface area contributed by atoms with Gasteiger partial charge < -0.3 is 14.8 Å². The van der Waals surface area contributed by atoms with E-state index in [9.17, 15) is 29.3 Å². The minimum atomic E-state index is -1.37. The van der Waals surface area contributed by atoms with Crippen molar-refractivity contribution in [3.05, 3.63) is 39.4 Å². The highest BCUT2D eigenvalue weighted by atomic mass is 16.6. The Bertz CT molecular complexity index is 791. The molecule has 0 radical (unpaired) electrons. The number of nitrogens with zero attached hydrogens (tertiary/aromatic N) is 1. The number of imide groups is 1. The van der Waals surface area contributed by atoms with Crippen molar-refractivity contribution in [2.45, 2.75) is 39.8 Å². The van der Waals surface area contributed by atoms with E-state index in [0.29, 0.717) is 0 Å². The van der Waals surface area contributed by atoms with E-state index in [1.54, 1.807) is 20.8 Å². The molecule has 1 unspecified atom stereocenters. The van der Waals surface area contributed by atoms with E-state index in [4.69, 9.17) is 9.47 Å². The summed E-state index contributed by atoms with van der Waals surface area (Å²) in [7, 11) is 0. The average molecular weight is 395 g/mol. The van der Waals surface area contributed by atoms with Crippen molar-refractivity contribution in [3.8, 4) is 0 Å². The van der Waals surface area contributed by atoms with Crippen LogP contribution in [0.25, 0.3) is 0 Å². The number of amides is 3. The molecule has 11 heteroatoms. The van der Waals surface area contributed by atoms with Crippen LogP contribution in [0.1, 0.15) is 48.4 Å². The lowest BCUT2D eigenvalue weighted by atomic mass is 10.1. The van der Waals surface area contributed by atoms with Gasteiger partial charge in [0.05, 0.1) is 22.7 Å². The Kier molecular flexibility index (Phi) is 8.05. The SMILES string of the molecule is CCOC(=O)c1cc(C(=O)OC(C)C(=O)NC(=O)NC(C)C)cc([N+](=O)[O-])c1. The van der Waals surface area contributed by atoms with Crippen LogP contribution in [-0.4, -0.2) is 47.6 Å². The first-order valence-electron chi connectivity index (χ1n) is 8.34. The van der Waals surface area contributed by atoms with Gasteiger partial charge >= 0.3 is 18.0 Å². The second kappa shape index (κ2) is 10.00. The van der Waals surface area contributed by atoms with Crippen LogP contribution in [0.4, 0.5) is 10.5 Å². The van der Waals surface area contributed by atoms with Gasteiger partial charge in [0.1, 0.15) is 0 Å². The molecule has 28 heavy (non-hydrogen) atoms. The second-order valence-corrected chi connectivity index (χ2v) is 5.91. The summed E-state index contributed by atoms with van der Waals surface area (Å²) in [6.07, 6.45) is -1.37. The minimum Gasteiger partial charge on any atom is -0.462 e. The number of carbonyl (C=O) groups excluding carboxylic acids is 4. The number of ether oxygens (including phenoxy) is 2. The van der Waals surface area contributed by atoms with Gasteiger partial charge in [-0.2, -0.15) is 0 Å². The number of esters is 2. The summed E-state index contributed by atoms with van der Waals surface area (Å²) in [6, 6.07) is 1.95. The van der Waals surface area contributed by atoms with E-state index in [1.165, 1.54) is 6.92 Å². The van der Waals surface area contributed by atoms with Gasteiger partial charge in [-0.3, -0.25) is 20.2 Å². The molecule has 152 valence electrons. The molecule has 0 fully saturated rings. The van der Waals surface area contributed by atoms with E-state index in [-0.39, 0.29) is 23.8 Å². The smallest absolute Gasteiger partial charge is 0.339 e. The van der Waals surface area contributed by atoms with Gasteiger partial charge in [-0.1, -0.05) is 0 Å². The molecule has 0 saturated carbocycles. The van der Waals surface area contributed by atoms with Gasteiger partial charge in [0.15, 0.2) is 6.10 Å². The van der Waals surface area contributed by atoms with Crippen molar-refractivity contribution >= 4 is 29.6 Å². The molecule has 11 nitrogen and oxygen atoms in total. The molecule has 1 aromatic rings. The lowest BCUT2D eigenvalue weighted by Gasteiger charge is -2.14. The average Bonchev–Trinajstić information content (AvgIpc) is 2.60. The molecule has 1 aromatic carbocycles. The van der Waals surface area contributed by atoms with Crippen LogP contribution in [0, 0.1) is 10.1 Å². The fourth-order valence-corrected chi connectivity index (χ4v) is 1.96. The number of rotatable bonds is 7. The third-order valence-electron chi connectivity index (χ3n) is 3.18. The quantitative estimate of drug-likeness (QED) is 0.400. The van der Waals surface area contributed by atoms with E-state index in [2.05, 4.69) is 5.32 Å². The van der Waals surface area contributed by atoms with Gasteiger partial charge in [0, 0.05) is 18.2 Å². The number of hydrogen-bond donors (Lipinski definition) is 2. The highest BCUT2D eigenvalue weighted by Crippen LogP contribution is 2.19.